The molecule has 0 heterocycles. The van der Waals surface area contributed by atoms with E-state index in [1.165, 1.54) is 25.7 Å². The Balaban J connectivity index is 3.43. The van der Waals surface area contributed by atoms with Crippen LogP contribution in [0.15, 0.2) is 48.6 Å². The van der Waals surface area contributed by atoms with Crippen LogP contribution in [0.1, 0.15) is 78.1 Å². The highest BCUT2D eigenvalue weighted by molar-refractivity contribution is 5.69. The second-order valence-electron chi connectivity index (χ2n) is 5.79. The molecule has 2 nitrogen and oxygen atoms in total. The summed E-state index contributed by atoms with van der Waals surface area (Å²) in [6.07, 6.45) is 28.2. The first-order valence-electron chi connectivity index (χ1n) is 9.56. The predicted octanol–water partition coefficient (Wildman–Crippen LogP) is 6.70. The fourth-order valence-electron chi connectivity index (χ4n) is 2.16. The largest absolute Gasteiger partial charge is 0.466 e. The van der Waals surface area contributed by atoms with Crippen molar-refractivity contribution in [2.75, 3.05) is 6.61 Å². The Morgan fingerprint density at radius 3 is 1.71 bits per heavy atom. The van der Waals surface area contributed by atoms with Crippen molar-refractivity contribution in [1.82, 2.24) is 0 Å². The third kappa shape index (κ3) is 18.5. The molecular formula is C22H36O2. The summed E-state index contributed by atoms with van der Waals surface area (Å²) in [5.41, 5.74) is 0. The monoisotopic (exact) mass is 332 g/mol. The molecule has 0 aliphatic heterocycles. The molecule has 136 valence electrons. The Morgan fingerprint density at radius 1 is 0.708 bits per heavy atom. The van der Waals surface area contributed by atoms with E-state index in [0.717, 1.165) is 32.1 Å². The van der Waals surface area contributed by atoms with E-state index < -0.39 is 0 Å². The number of hydrogen-bond donors (Lipinski definition) is 0. The van der Waals surface area contributed by atoms with Gasteiger partial charge in [0, 0.05) is 6.42 Å². The van der Waals surface area contributed by atoms with Gasteiger partial charge in [0.15, 0.2) is 0 Å². The standard InChI is InChI=1S/C22H36O2/c1-3-5-6-7-8-9-10-11-12-13-14-15-16-17-18-19-20-21-22(23)24-4-2/h8-9,11-12,14-15,17-18H,3-7,10,13,16,19-21H2,1-2H3/b9-8-,12-11-,15-14-,18-17-. The quantitative estimate of drug-likeness (QED) is 0.189. The van der Waals surface area contributed by atoms with Crippen LogP contribution in [-0.2, 0) is 9.53 Å². The highest BCUT2D eigenvalue weighted by atomic mass is 16.5. The van der Waals surface area contributed by atoms with Crippen molar-refractivity contribution in [3.8, 4) is 0 Å². The molecule has 0 unspecified atom stereocenters. The molecule has 0 aromatic heterocycles. The highest BCUT2D eigenvalue weighted by Gasteiger charge is 1.98. The normalized spacial score (nSPS) is 12.2. The molecule has 0 aliphatic rings. The van der Waals surface area contributed by atoms with Crippen LogP contribution in [-0.4, -0.2) is 12.6 Å². The number of rotatable bonds is 15. The van der Waals surface area contributed by atoms with Crippen LogP contribution in [0.3, 0.4) is 0 Å². The summed E-state index contributed by atoms with van der Waals surface area (Å²) in [7, 11) is 0. The minimum absolute atomic E-state index is 0.0895. The molecular weight excluding hydrogens is 296 g/mol. The number of unbranched alkanes of at least 4 members (excludes halogenated alkanes) is 4. The van der Waals surface area contributed by atoms with Crippen molar-refractivity contribution < 1.29 is 9.53 Å². The van der Waals surface area contributed by atoms with E-state index in [0.29, 0.717) is 13.0 Å². The molecule has 24 heavy (non-hydrogen) atoms. The smallest absolute Gasteiger partial charge is 0.305 e. The summed E-state index contributed by atoms with van der Waals surface area (Å²) in [6.45, 7) is 4.55. The van der Waals surface area contributed by atoms with Crippen molar-refractivity contribution in [2.45, 2.75) is 78.1 Å². The molecule has 2 heteroatoms. The molecule has 0 saturated heterocycles. The Bertz CT molecular complexity index is 389. The summed E-state index contributed by atoms with van der Waals surface area (Å²) in [4.78, 5) is 11.1. The number of carbonyl (C=O) groups is 1. The van der Waals surface area contributed by atoms with Gasteiger partial charge in [-0.15, -0.1) is 0 Å². The predicted molar refractivity (Wildman–Crippen MR) is 105 cm³/mol. The lowest BCUT2D eigenvalue weighted by atomic mass is 10.2. The van der Waals surface area contributed by atoms with Gasteiger partial charge in [0.05, 0.1) is 6.61 Å². The van der Waals surface area contributed by atoms with Gasteiger partial charge in [0.25, 0.3) is 0 Å². The Kier molecular flexibility index (Phi) is 18.2. The Morgan fingerprint density at radius 2 is 1.21 bits per heavy atom. The van der Waals surface area contributed by atoms with Gasteiger partial charge in [-0.05, 0) is 51.9 Å². The van der Waals surface area contributed by atoms with E-state index in [2.05, 4.69) is 55.5 Å². The number of ether oxygens (including phenoxy) is 1. The number of carbonyl (C=O) groups excluding carboxylic acids is 1. The van der Waals surface area contributed by atoms with Gasteiger partial charge < -0.3 is 4.74 Å². The molecule has 0 aromatic carbocycles. The molecule has 0 atom stereocenters. The van der Waals surface area contributed by atoms with E-state index in [1.807, 2.05) is 6.92 Å². The summed E-state index contributed by atoms with van der Waals surface area (Å²) in [5, 5.41) is 0. The minimum Gasteiger partial charge on any atom is -0.466 e. The number of esters is 1. The Labute approximate surface area is 149 Å². The zero-order valence-corrected chi connectivity index (χ0v) is 15.7. The van der Waals surface area contributed by atoms with Gasteiger partial charge in [-0.25, -0.2) is 0 Å². The van der Waals surface area contributed by atoms with Crippen LogP contribution >= 0.6 is 0 Å². The van der Waals surface area contributed by atoms with Gasteiger partial charge in [-0.1, -0.05) is 68.4 Å². The maximum absolute atomic E-state index is 11.1. The Hall–Kier alpha value is -1.57. The van der Waals surface area contributed by atoms with Gasteiger partial charge >= 0.3 is 5.97 Å². The fourth-order valence-corrected chi connectivity index (χ4v) is 2.16. The molecule has 0 amide bonds. The van der Waals surface area contributed by atoms with E-state index in [4.69, 9.17) is 4.74 Å². The van der Waals surface area contributed by atoms with Crippen molar-refractivity contribution in [1.29, 1.82) is 0 Å². The van der Waals surface area contributed by atoms with Crippen molar-refractivity contribution >= 4 is 5.97 Å². The summed E-state index contributed by atoms with van der Waals surface area (Å²) in [6, 6.07) is 0. The van der Waals surface area contributed by atoms with Crippen LogP contribution in [0.25, 0.3) is 0 Å². The number of hydrogen-bond acceptors (Lipinski definition) is 2. The lowest BCUT2D eigenvalue weighted by molar-refractivity contribution is -0.143. The lowest BCUT2D eigenvalue weighted by Gasteiger charge is -1.98. The molecule has 0 fully saturated rings. The summed E-state index contributed by atoms with van der Waals surface area (Å²) in [5.74, 6) is -0.0895. The zero-order chi connectivity index (χ0) is 17.7. The van der Waals surface area contributed by atoms with E-state index in [9.17, 15) is 4.79 Å². The average molecular weight is 333 g/mol. The SMILES string of the molecule is CCCCC/C=C\C/C=C\C/C=C\C/C=C\CCCC(=O)OCC. The van der Waals surface area contributed by atoms with Gasteiger partial charge in [0.2, 0.25) is 0 Å². The molecule has 0 saturated carbocycles. The maximum Gasteiger partial charge on any atom is 0.305 e. The maximum atomic E-state index is 11.1. The van der Waals surface area contributed by atoms with Crippen LogP contribution in [0.2, 0.25) is 0 Å². The molecule has 0 spiro atoms. The second-order valence-corrected chi connectivity index (χ2v) is 5.79. The second kappa shape index (κ2) is 19.5. The molecule has 0 rings (SSSR count). The van der Waals surface area contributed by atoms with E-state index >= 15 is 0 Å². The van der Waals surface area contributed by atoms with E-state index in [1.54, 1.807) is 0 Å². The van der Waals surface area contributed by atoms with Crippen LogP contribution < -0.4 is 0 Å². The first kappa shape index (κ1) is 22.4. The third-order valence-electron chi connectivity index (χ3n) is 3.51. The van der Waals surface area contributed by atoms with Gasteiger partial charge in [-0.2, -0.15) is 0 Å². The molecule has 0 aromatic rings. The van der Waals surface area contributed by atoms with Crippen molar-refractivity contribution in [2.24, 2.45) is 0 Å². The molecule has 0 radical (unpaired) electrons. The van der Waals surface area contributed by atoms with Gasteiger partial charge in [0.1, 0.15) is 0 Å². The molecule has 0 N–H and O–H groups in total. The zero-order valence-electron chi connectivity index (χ0n) is 15.7. The topological polar surface area (TPSA) is 26.3 Å². The third-order valence-corrected chi connectivity index (χ3v) is 3.51. The van der Waals surface area contributed by atoms with Crippen molar-refractivity contribution in [3.05, 3.63) is 48.6 Å². The summed E-state index contributed by atoms with van der Waals surface area (Å²) < 4.78 is 4.89. The summed E-state index contributed by atoms with van der Waals surface area (Å²) >= 11 is 0. The highest BCUT2D eigenvalue weighted by Crippen LogP contribution is 2.02. The lowest BCUT2D eigenvalue weighted by Crippen LogP contribution is -2.02. The van der Waals surface area contributed by atoms with Crippen LogP contribution in [0.5, 0.6) is 0 Å². The first-order chi connectivity index (χ1) is 11.8. The average Bonchev–Trinajstić information content (AvgIpc) is 2.58. The minimum atomic E-state index is -0.0895. The molecule has 0 aliphatic carbocycles. The van der Waals surface area contributed by atoms with Crippen LogP contribution in [0.4, 0.5) is 0 Å². The fraction of sp³-hybridized carbons (Fsp3) is 0.591. The molecule has 0 bridgehead atoms. The van der Waals surface area contributed by atoms with E-state index in [-0.39, 0.29) is 5.97 Å². The van der Waals surface area contributed by atoms with Crippen molar-refractivity contribution in [3.63, 3.8) is 0 Å². The first-order valence-corrected chi connectivity index (χ1v) is 9.56. The van der Waals surface area contributed by atoms with Crippen LogP contribution in [0, 0.1) is 0 Å². The van der Waals surface area contributed by atoms with Gasteiger partial charge in [-0.3, -0.25) is 4.79 Å². The number of allylic oxidation sites excluding steroid dienone is 8.